The molecule has 1 aliphatic carbocycles. The largest absolute Gasteiger partial charge is 0.475 e. The van der Waals surface area contributed by atoms with Crippen LogP contribution in [-0.4, -0.2) is 23.5 Å². The van der Waals surface area contributed by atoms with Gasteiger partial charge in [-0.3, -0.25) is 4.79 Å². The molecule has 0 saturated heterocycles. The Morgan fingerprint density at radius 2 is 1.77 bits per heavy atom. The molecule has 1 amide bonds. The highest BCUT2D eigenvalue weighted by Gasteiger charge is 2.44. The molecule has 0 atom stereocenters. The summed E-state index contributed by atoms with van der Waals surface area (Å²) in [4.78, 5) is 22.8. The Hall–Kier alpha value is -2.27. The van der Waals surface area contributed by atoms with Crippen molar-refractivity contribution >= 4 is 23.5 Å². The topological polar surface area (TPSA) is 79.5 Å². The lowest BCUT2D eigenvalue weighted by Gasteiger charge is -2.16. The third kappa shape index (κ3) is 2.85. The van der Waals surface area contributed by atoms with Crippen molar-refractivity contribution in [2.24, 2.45) is 0 Å². The molecule has 3 rings (SSSR count). The van der Waals surface area contributed by atoms with Crippen molar-refractivity contribution in [3.63, 3.8) is 0 Å². The summed E-state index contributed by atoms with van der Waals surface area (Å²) in [5.41, 5.74) is 1.09. The minimum Gasteiger partial charge on any atom is -0.475 e. The molecule has 114 valence electrons. The molecule has 0 spiro atoms. The van der Waals surface area contributed by atoms with Gasteiger partial charge in [-0.25, -0.2) is 4.79 Å². The van der Waals surface area contributed by atoms with E-state index >= 15 is 0 Å². The summed E-state index contributed by atoms with van der Waals surface area (Å²) in [6, 6.07) is 10.2. The molecule has 0 unspecified atom stereocenters. The van der Waals surface area contributed by atoms with Crippen LogP contribution in [0.4, 0.5) is 0 Å². The van der Waals surface area contributed by atoms with Gasteiger partial charge in [0.05, 0.1) is 0 Å². The van der Waals surface area contributed by atoms with Gasteiger partial charge < -0.3 is 14.8 Å². The van der Waals surface area contributed by atoms with Gasteiger partial charge in [0.25, 0.3) is 5.91 Å². The van der Waals surface area contributed by atoms with Crippen molar-refractivity contribution in [1.29, 1.82) is 0 Å². The maximum absolute atomic E-state index is 12.0. The van der Waals surface area contributed by atoms with Crippen molar-refractivity contribution in [3.05, 3.63) is 58.5 Å². The van der Waals surface area contributed by atoms with Gasteiger partial charge in [-0.05, 0) is 42.7 Å². The van der Waals surface area contributed by atoms with Gasteiger partial charge in [-0.1, -0.05) is 23.7 Å². The molecule has 1 saturated carbocycles. The predicted molar refractivity (Wildman–Crippen MR) is 80.4 cm³/mol. The lowest BCUT2D eigenvalue weighted by atomic mass is 9.96. The molecule has 1 aromatic carbocycles. The van der Waals surface area contributed by atoms with Crippen LogP contribution in [0.5, 0.6) is 0 Å². The molecular weight excluding hydrogens is 306 g/mol. The Balaban J connectivity index is 1.65. The number of halogens is 1. The first-order chi connectivity index (χ1) is 10.5. The van der Waals surface area contributed by atoms with Crippen molar-refractivity contribution < 1.29 is 19.1 Å². The molecule has 0 bridgehead atoms. The smallest absolute Gasteiger partial charge is 0.371 e. The fraction of sp³-hybridized carbons (Fsp3) is 0.250. The number of hydrogen-bond acceptors (Lipinski definition) is 3. The number of nitrogens with one attached hydrogen (secondary N) is 1. The Morgan fingerprint density at radius 1 is 1.14 bits per heavy atom. The molecule has 1 heterocycles. The summed E-state index contributed by atoms with van der Waals surface area (Å²) >= 11 is 5.89. The standard InChI is InChI=1S/C16H14ClNO4/c17-11-3-1-10(2-4-11)16(7-8-16)9-18-14(19)12-5-6-13(22-12)15(20)21/h1-6H,7-9H2,(H,18,19)(H,20,21). The van der Waals surface area contributed by atoms with E-state index in [4.69, 9.17) is 21.1 Å². The molecule has 0 aliphatic heterocycles. The number of carboxylic acid groups (broad SMARTS) is 1. The number of amides is 1. The van der Waals surface area contributed by atoms with E-state index in [9.17, 15) is 9.59 Å². The third-order valence-electron chi connectivity index (χ3n) is 3.94. The number of carboxylic acids is 1. The number of benzene rings is 1. The normalized spacial score (nSPS) is 15.3. The molecular formula is C16H14ClNO4. The first-order valence-electron chi connectivity index (χ1n) is 6.88. The van der Waals surface area contributed by atoms with Crippen LogP contribution in [0.2, 0.25) is 5.02 Å². The number of rotatable bonds is 5. The Kier molecular flexibility index (Phi) is 3.66. The maximum Gasteiger partial charge on any atom is 0.371 e. The highest BCUT2D eigenvalue weighted by molar-refractivity contribution is 6.30. The van der Waals surface area contributed by atoms with Crippen molar-refractivity contribution in [1.82, 2.24) is 5.32 Å². The number of carbonyl (C=O) groups is 2. The minimum absolute atomic E-state index is 0.00399. The molecule has 1 aromatic heterocycles. The van der Waals surface area contributed by atoms with Crippen LogP contribution in [0.3, 0.4) is 0 Å². The molecule has 2 aromatic rings. The van der Waals surface area contributed by atoms with Gasteiger partial charge in [0.1, 0.15) is 0 Å². The first kappa shape index (κ1) is 14.7. The number of furan rings is 1. The summed E-state index contributed by atoms with van der Waals surface area (Å²) in [5.74, 6) is -1.85. The van der Waals surface area contributed by atoms with Crippen LogP contribution >= 0.6 is 11.6 Å². The van der Waals surface area contributed by atoms with E-state index in [0.717, 1.165) is 18.4 Å². The third-order valence-corrected chi connectivity index (χ3v) is 4.19. The molecule has 1 aliphatic rings. The fourth-order valence-electron chi connectivity index (χ4n) is 2.43. The van der Waals surface area contributed by atoms with E-state index in [1.165, 1.54) is 12.1 Å². The number of aromatic carboxylic acids is 1. The van der Waals surface area contributed by atoms with E-state index in [1.807, 2.05) is 24.3 Å². The van der Waals surface area contributed by atoms with Crippen molar-refractivity contribution in [2.45, 2.75) is 18.3 Å². The van der Waals surface area contributed by atoms with Gasteiger partial charge >= 0.3 is 5.97 Å². The van der Waals surface area contributed by atoms with E-state index < -0.39 is 11.9 Å². The first-order valence-corrected chi connectivity index (χ1v) is 7.25. The summed E-state index contributed by atoms with van der Waals surface area (Å²) in [7, 11) is 0. The maximum atomic E-state index is 12.0. The Bertz CT molecular complexity index is 716. The lowest BCUT2D eigenvalue weighted by Crippen LogP contribution is -2.32. The molecule has 0 radical (unpaired) electrons. The summed E-state index contributed by atoms with van der Waals surface area (Å²) in [5, 5.41) is 12.3. The van der Waals surface area contributed by atoms with E-state index in [2.05, 4.69) is 5.32 Å². The van der Waals surface area contributed by atoms with E-state index in [-0.39, 0.29) is 16.9 Å². The van der Waals surface area contributed by atoms with Crippen molar-refractivity contribution in [2.75, 3.05) is 6.54 Å². The Morgan fingerprint density at radius 3 is 2.32 bits per heavy atom. The van der Waals surface area contributed by atoms with E-state index in [1.54, 1.807) is 0 Å². The van der Waals surface area contributed by atoms with Crippen LogP contribution in [0.15, 0.2) is 40.8 Å². The van der Waals surface area contributed by atoms with Gasteiger partial charge in [0, 0.05) is 17.0 Å². The van der Waals surface area contributed by atoms with E-state index in [0.29, 0.717) is 11.6 Å². The van der Waals surface area contributed by atoms with Crippen molar-refractivity contribution in [3.8, 4) is 0 Å². The zero-order chi connectivity index (χ0) is 15.7. The second kappa shape index (κ2) is 5.50. The molecule has 5 nitrogen and oxygen atoms in total. The molecule has 2 N–H and O–H groups in total. The Labute approximate surface area is 131 Å². The summed E-state index contributed by atoms with van der Waals surface area (Å²) < 4.78 is 4.98. The fourth-order valence-corrected chi connectivity index (χ4v) is 2.56. The molecule has 1 fully saturated rings. The van der Waals surface area contributed by atoms with Crippen LogP contribution in [-0.2, 0) is 5.41 Å². The average molecular weight is 320 g/mol. The molecule has 22 heavy (non-hydrogen) atoms. The summed E-state index contributed by atoms with van der Waals surface area (Å²) in [6.45, 7) is 0.483. The number of carbonyl (C=O) groups excluding carboxylic acids is 1. The average Bonchev–Trinajstić information content (AvgIpc) is 3.11. The highest BCUT2D eigenvalue weighted by atomic mass is 35.5. The van der Waals surface area contributed by atoms with Crippen LogP contribution in [0.1, 0.15) is 39.5 Å². The zero-order valence-electron chi connectivity index (χ0n) is 11.6. The molecule has 6 heteroatoms. The van der Waals surface area contributed by atoms with Gasteiger partial charge in [0.2, 0.25) is 5.76 Å². The van der Waals surface area contributed by atoms with Gasteiger partial charge in [-0.15, -0.1) is 0 Å². The van der Waals surface area contributed by atoms with Gasteiger partial charge in [0.15, 0.2) is 5.76 Å². The van der Waals surface area contributed by atoms with Gasteiger partial charge in [-0.2, -0.15) is 0 Å². The SMILES string of the molecule is O=C(O)c1ccc(C(=O)NCC2(c3ccc(Cl)cc3)CC2)o1. The minimum atomic E-state index is -1.20. The highest BCUT2D eigenvalue weighted by Crippen LogP contribution is 2.47. The number of hydrogen-bond donors (Lipinski definition) is 2. The summed E-state index contributed by atoms with van der Waals surface area (Å²) in [6.07, 6.45) is 1.99. The zero-order valence-corrected chi connectivity index (χ0v) is 12.4. The monoisotopic (exact) mass is 319 g/mol. The quantitative estimate of drug-likeness (QED) is 0.887. The van der Waals surface area contributed by atoms with Crippen LogP contribution in [0.25, 0.3) is 0 Å². The lowest BCUT2D eigenvalue weighted by molar-refractivity contribution is 0.0659. The predicted octanol–water partition coefficient (Wildman–Crippen LogP) is 3.09. The second-order valence-electron chi connectivity index (χ2n) is 5.44. The van der Waals surface area contributed by atoms with Crippen LogP contribution < -0.4 is 5.32 Å². The van der Waals surface area contributed by atoms with Crippen LogP contribution in [0, 0.1) is 0 Å². The second-order valence-corrected chi connectivity index (χ2v) is 5.88.